The summed E-state index contributed by atoms with van der Waals surface area (Å²) in [5.41, 5.74) is 0.993. The molecule has 3 saturated heterocycles. The van der Waals surface area contributed by atoms with E-state index in [4.69, 9.17) is 15.1 Å². The lowest BCUT2D eigenvalue weighted by atomic mass is 9.60. The average molecular weight is 352 g/mol. The van der Waals surface area contributed by atoms with Crippen molar-refractivity contribution in [3.05, 3.63) is 24.3 Å². The number of carboxylic acids is 1. The molecule has 0 unspecified atom stereocenters. The second-order valence-corrected chi connectivity index (χ2v) is 8.12. The summed E-state index contributed by atoms with van der Waals surface area (Å²) < 4.78 is 0. The fourth-order valence-corrected chi connectivity index (χ4v) is 4.93. The first-order chi connectivity index (χ1) is 12.6. The number of benzene rings is 1. The minimum atomic E-state index is -0.667. The van der Waals surface area contributed by atoms with E-state index in [1.54, 1.807) is 0 Å². The zero-order valence-corrected chi connectivity index (χ0v) is 15.0. The maximum Gasteiger partial charge on any atom is 0.303 e. The molecule has 1 aromatic carbocycles. The van der Waals surface area contributed by atoms with Gasteiger partial charge >= 0.3 is 5.97 Å². The molecular weight excluding hydrogens is 328 g/mol. The standard InChI is InChI=1S/C20H24N4O2/c1-12-6-7-24(12)20-21-17-5-3-2-4-15(17)19(22-20)23-10-13-8-14(11-23)16(13)9-18(25)26/h2-5,12-14,16H,6-11H2,1H3,(H,25,26)/t12-,13-,14+,16-/m0/s1. The van der Waals surface area contributed by atoms with Gasteiger partial charge in [0, 0.05) is 37.5 Å². The summed E-state index contributed by atoms with van der Waals surface area (Å²) in [6.07, 6.45) is 2.66. The normalized spacial score (nSPS) is 30.0. The third kappa shape index (κ3) is 2.42. The number of nitrogens with zero attached hydrogens (tertiary/aromatic N) is 4. The van der Waals surface area contributed by atoms with E-state index in [0.717, 1.165) is 48.7 Å². The summed E-state index contributed by atoms with van der Waals surface area (Å²) in [5, 5.41) is 10.2. The Hall–Kier alpha value is -2.37. The van der Waals surface area contributed by atoms with Crippen molar-refractivity contribution in [1.82, 2.24) is 9.97 Å². The summed E-state index contributed by atoms with van der Waals surface area (Å²) in [6.45, 7) is 5.05. The number of carboxylic acid groups (broad SMARTS) is 1. The zero-order valence-electron chi connectivity index (χ0n) is 15.0. The van der Waals surface area contributed by atoms with Crippen molar-refractivity contribution in [1.29, 1.82) is 0 Å². The van der Waals surface area contributed by atoms with Gasteiger partial charge in [-0.05, 0) is 49.7 Å². The predicted molar refractivity (Wildman–Crippen MR) is 101 cm³/mol. The van der Waals surface area contributed by atoms with Gasteiger partial charge in [0.25, 0.3) is 0 Å². The van der Waals surface area contributed by atoms with E-state index in [0.29, 0.717) is 30.2 Å². The molecule has 136 valence electrons. The first-order valence-corrected chi connectivity index (χ1v) is 9.60. The Labute approximate surface area is 152 Å². The largest absolute Gasteiger partial charge is 0.481 e. The molecule has 0 amide bonds. The molecule has 6 heteroatoms. The highest BCUT2D eigenvalue weighted by Gasteiger charge is 2.47. The van der Waals surface area contributed by atoms with E-state index in [-0.39, 0.29) is 0 Å². The first-order valence-electron chi connectivity index (χ1n) is 9.60. The number of aliphatic carboxylic acids is 1. The summed E-state index contributed by atoms with van der Waals surface area (Å²) in [5.74, 6) is 2.48. The summed E-state index contributed by atoms with van der Waals surface area (Å²) in [4.78, 5) is 25.5. The van der Waals surface area contributed by atoms with Crippen LogP contribution in [0.2, 0.25) is 0 Å². The van der Waals surface area contributed by atoms with Crippen LogP contribution in [0.3, 0.4) is 0 Å². The Kier molecular flexibility index (Phi) is 3.55. The Morgan fingerprint density at radius 3 is 2.65 bits per heavy atom. The van der Waals surface area contributed by atoms with Crippen molar-refractivity contribution in [2.75, 3.05) is 29.4 Å². The van der Waals surface area contributed by atoms with Crippen LogP contribution >= 0.6 is 0 Å². The third-order valence-corrected chi connectivity index (χ3v) is 6.58. The van der Waals surface area contributed by atoms with Crippen LogP contribution in [0.25, 0.3) is 10.9 Å². The van der Waals surface area contributed by atoms with Gasteiger partial charge in [-0.25, -0.2) is 4.98 Å². The van der Waals surface area contributed by atoms with Crippen LogP contribution in [0.1, 0.15) is 26.2 Å². The molecule has 3 aliphatic heterocycles. The molecule has 0 spiro atoms. The minimum absolute atomic E-state index is 0.310. The van der Waals surface area contributed by atoms with E-state index in [9.17, 15) is 4.79 Å². The van der Waals surface area contributed by atoms with Crippen LogP contribution < -0.4 is 9.80 Å². The smallest absolute Gasteiger partial charge is 0.303 e. The molecule has 6 rings (SSSR count). The van der Waals surface area contributed by atoms with Gasteiger partial charge in [-0.1, -0.05) is 12.1 Å². The number of hydrogen-bond donors (Lipinski definition) is 1. The Morgan fingerprint density at radius 1 is 1.23 bits per heavy atom. The highest BCUT2D eigenvalue weighted by Crippen LogP contribution is 2.48. The number of aromatic nitrogens is 2. The van der Waals surface area contributed by atoms with E-state index < -0.39 is 5.97 Å². The van der Waals surface area contributed by atoms with Crippen molar-refractivity contribution < 1.29 is 9.90 Å². The Bertz CT molecular complexity index is 858. The van der Waals surface area contributed by atoms with E-state index in [1.165, 1.54) is 6.42 Å². The van der Waals surface area contributed by atoms with Crippen LogP contribution in [0.15, 0.2) is 24.3 Å². The Morgan fingerprint density at radius 2 is 2.00 bits per heavy atom. The SMILES string of the molecule is C[C@H]1CCN1c1nc(N2C[C@H]3C[C@@H](C2)[C@@H]3CC(=O)O)c2ccccc2n1. The van der Waals surface area contributed by atoms with Crippen LogP contribution in [-0.4, -0.2) is 46.7 Å². The molecule has 1 saturated carbocycles. The molecule has 1 aliphatic carbocycles. The van der Waals surface area contributed by atoms with E-state index >= 15 is 0 Å². The van der Waals surface area contributed by atoms with Gasteiger partial charge in [0.15, 0.2) is 0 Å². The molecular formula is C20H24N4O2. The monoisotopic (exact) mass is 352 g/mol. The van der Waals surface area contributed by atoms with Crippen molar-refractivity contribution in [2.45, 2.75) is 32.2 Å². The number of carbonyl (C=O) groups is 1. The van der Waals surface area contributed by atoms with E-state index in [2.05, 4.69) is 28.9 Å². The lowest BCUT2D eigenvalue weighted by Gasteiger charge is -2.54. The molecule has 2 aromatic rings. The molecule has 1 N–H and O–H groups in total. The van der Waals surface area contributed by atoms with Gasteiger partial charge in [0.05, 0.1) is 5.52 Å². The topological polar surface area (TPSA) is 69.6 Å². The lowest BCUT2D eigenvalue weighted by molar-refractivity contribution is -0.141. The average Bonchev–Trinajstić information content (AvgIpc) is 2.64. The molecule has 4 heterocycles. The molecule has 0 radical (unpaired) electrons. The maximum absolute atomic E-state index is 11.1. The van der Waals surface area contributed by atoms with Crippen LogP contribution in [-0.2, 0) is 4.79 Å². The molecule has 4 atom stereocenters. The molecule has 6 nitrogen and oxygen atoms in total. The number of para-hydroxylation sites is 1. The Balaban J connectivity index is 1.48. The van der Waals surface area contributed by atoms with Gasteiger partial charge in [-0.2, -0.15) is 4.98 Å². The number of piperidine rings is 2. The maximum atomic E-state index is 11.1. The fourth-order valence-electron chi connectivity index (χ4n) is 4.93. The number of rotatable bonds is 4. The quantitative estimate of drug-likeness (QED) is 0.912. The third-order valence-electron chi connectivity index (χ3n) is 6.58. The first kappa shape index (κ1) is 15.9. The summed E-state index contributed by atoms with van der Waals surface area (Å²) in [7, 11) is 0. The van der Waals surface area contributed by atoms with E-state index in [1.807, 2.05) is 12.1 Å². The van der Waals surface area contributed by atoms with Crippen LogP contribution in [0, 0.1) is 17.8 Å². The molecule has 26 heavy (non-hydrogen) atoms. The van der Waals surface area contributed by atoms with Crippen LogP contribution in [0.5, 0.6) is 0 Å². The van der Waals surface area contributed by atoms with Gasteiger partial charge in [-0.3, -0.25) is 4.79 Å². The van der Waals surface area contributed by atoms with Crippen LogP contribution in [0.4, 0.5) is 11.8 Å². The summed E-state index contributed by atoms with van der Waals surface area (Å²) in [6, 6.07) is 8.73. The lowest BCUT2D eigenvalue weighted by Crippen LogP contribution is -2.56. The van der Waals surface area contributed by atoms with Crippen molar-refractivity contribution >= 4 is 28.6 Å². The molecule has 4 fully saturated rings. The summed E-state index contributed by atoms with van der Waals surface area (Å²) >= 11 is 0. The number of anilines is 2. The van der Waals surface area contributed by atoms with Gasteiger partial charge in [0.1, 0.15) is 5.82 Å². The number of hydrogen-bond acceptors (Lipinski definition) is 5. The fraction of sp³-hybridized carbons (Fsp3) is 0.550. The highest BCUT2D eigenvalue weighted by atomic mass is 16.4. The van der Waals surface area contributed by atoms with Gasteiger partial charge < -0.3 is 14.9 Å². The zero-order chi connectivity index (χ0) is 17.8. The second-order valence-electron chi connectivity index (χ2n) is 8.12. The number of fused-ring (bicyclic) bond motifs is 3. The van der Waals surface area contributed by atoms with Gasteiger partial charge in [0.2, 0.25) is 5.95 Å². The predicted octanol–water partition coefficient (Wildman–Crippen LogP) is 2.78. The molecule has 4 aliphatic rings. The highest BCUT2D eigenvalue weighted by molar-refractivity contribution is 5.90. The molecule has 2 bridgehead atoms. The van der Waals surface area contributed by atoms with Crippen molar-refractivity contribution in [3.63, 3.8) is 0 Å². The van der Waals surface area contributed by atoms with Gasteiger partial charge in [-0.15, -0.1) is 0 Å². The van der Waals surface area contributed by atoms with Crippen molar-refractivity contribution in [3.8, 4) is 0 Å². The van der Waals surface area contributed by atoms with Crippen molar-refractivity contribution in [2.24, 2.45) is 17.8 Å². The molecule has 1 aromatic heterocycles. The second kappa shape index (κ2) is 5.83. The minimum Gasteiger partial charge on any atom is -0.481 e.